The molecule has 0 saturated carbocycles. The highest BCUT2D eigenvalue weighted by Gasteiger charge is 2.34. The fourth-order valence-electron chi connectivity index (χ4n) is 4.23. The number of thioether (sulfide) groups is 1. The monoisotopic (exact) mass is 512 g/mol. The van der Waals surface area contributed by atoms with Gasteiger partial charge in [0.25, 0.3) is 11.8 Å². The summed E-state index contributed by atoms with van der Waals surface area (Å²) in [5.74, 6) is -1.72. The van der Waals surface area contributed by atoms with Crippen LogP contribution in [-0.4, -0.2) is 42.7 Å². The van der Waals surface area contributed by atoms with Gasteiger partial charge in [-0.2, -0.15) is 0 Å². The van der Waals surface area contributed by atoms with Gasteiger partial charge in [0.15, 0.2) is 11.6 Å². The zero-order chi connectivity index (χ0) is 25.7. The molecule has 1 aliphatic rings. The Bertz CT molecular complexity index is 1250. The van der Waals surface area contributed by atoms with Gasteiger partial charge >= 0.3 is 0 Å². The molecule has 36 heavy (non-hydrogen) atoms. The number of rotatable bonds is 8. The van der Waals surface area contributed by atoms with Crippen molar-refractivity contribution in [1.82, 2.24) is 10.4 Å². The van der Waals surface area contributed by atoms with E-state index < -0.39 is 17.7 Å². The molecule has 0 bridgehead atoms. The molecule has 1 heterocycles. The molecule has 1 atom stereocenters. The molecule has 1 fully saturated rings. The van der Waals surface area contributed by atoms with E-state index in [0.717, 1.165) is 17.5 Å². The van der Waals surface area contributed by atoms with Crippen LogP contribution < -0.4 is 10.2 Å². The van der Waals surface area contributed by atoms with E-state index in [1.807, 2.05) is 12.3 Å². The number of carbonyl (C=O) groups excluding carboxylic acids is 2. The highest BCUT2D eigenvalue weighted by molar-refractivity contribution is 7.98. The van der Waals surface area contributed by atoms with E-state index in [1.165, 1.54) is 31.0 Å². The van der Waals surface area contributed by atoms with Crippen LogP contribution in [0.25, 0.3) is 11.1 Å². The van der Waals surface area contributed by atoms with Gasteiger partial charge in [0.05, 0.1) is 7.11 Å². The highest BCUT2D eigenvalue weighted by atomic mass is 32.2. The van der Waals surface area contributed by atoms with Crippen molar-refractivity contribution in [2.45, 2.75) is 30.4 Å². The van der Waals surface area contributed by atoms with E-state index in [-0.39, 0.29) is 18.4 Å². The topological polar surface area (TPSA) is 67.9 Å². The van der Waals surface area contributed by atoms with Crippen LogP contribution >= 0.6 is 11.8 Å². The van der Waals surface area contributed by atoms with Crippen molar-refractivity contribution in [2.24, 2.45) is 0 Å². The summed E-state index contributed by atoms with van der Waals surface area (Å²) in [5, 5.41) is 0. The Morgan fingerprint density at radius 1 is 1.08 bits per heavy atom. The number of likely N-dealkylation sites (tertiary alicyclic amines) is 1. The van der Waals surface area contributed by atoms with Gasteiger partial charge in [0.1, 0.15) is 18.4 Å². The summed E-state index contributed by atoms with van der Waals surface area (Å²) in [6.07, 6.45) is 3.14. The number of nitrogens with zero attached hydrogens (tertiary/aromatic N) is 1. The Kier molecular flexibility index (Phi) is 8.22. The van der Waals surface area contributed by atoms with Crippen molar-refractivity contribution in [3.63, 3.8) is 0 Å². The maximum absolute atomic E-state index is 13.8. The first kappa shape index (κ1) is 25.7. The second-order valence-electron chi connectivity index (χ2n) is 8.31. The fourth-order valence-corrected chi connectivity index (χ4v) is 4.85. The number of hydrogen-bond acceptors (Lipinski definition) is 5. The number of nitrogens with one attached hydrogen (secondary N) is 1. The van der Waals surface area contributed by atoms with Crippen molar-refractivity contribution in [1.29, 1.82) is 0 Å². The van der Waals surface area contributed by atoms with Gasteiger partial charge in [-0.1, -0.05) is 24.3 Å². The third-order valence-electron chi connectivity index (χ3n) is 6.01. The molecule has 1 N–H and O–H groups in total. The van der Waals surface area contributed by atoms with Crippen LogP contribution in [0.1, 0.15) is 28.8 Å². The maximum atomic E-state index is 13.8. The van der Waals surface area contributed by atoms with Gasteiger partial charge in [0, 0.05) is 17.0 Å². The first-order chi connectivity index (χ1) is 17.4. The molecule has 6 nitrogen and oxygen atoms in total. The molecular formula is C27H26F2N2O4S. The van der Waals surface area contributed by atoms with E-state index >= 15 is 0 Å². The van der Waals surface area contributed by atoms with Gasteiger partial charge in [-0.15, -0.1) is 11.8 Å². The lowest BCUT2D eigenvalue weighted by molar-refractivity contribution is -0.135. The van der Waals surface area contributed by atoms with Crippen LogP contribution in [0.4, 0.5) is 8.78 Å². The summed E-state index contributed by atoms with van der Waals surface area (Å²) in [6, 6.07) is 16.1. The summed E-state index contributed by atoms with van der Waals surface area (Å²) in [6.45, 7) is 0.735. The number of hydrogen-bond donors (Lipinski definition) is 1. The molecule has 3 aromatic carbocycles. The Hall–Kier alpha value is -3.43. The predicted octanol–water partition coefficient (Wildman–Crippen LogP) is 5.21. The Balaban J connectivity index is 1.43. The number of hydroxylamine groups is 1. The first-order valence-corrected chi connectivity index (χ1v) is 12.6. The number of carbonyl (C=O) groups is 2. The van der Waals surface area contributed by atoms with Crippen molar-refractivity contribution in [2.75, 3.05) is 19.9 Å². The van der Waals surface area contributed by atoms with Crippen molar-refractivity contribution in [3.05, 3.63) is 83.4 Å². The lowest BCUT2D eigenvalue weighted by Crippen LogP contribution is -2.45. The van der Waals surface area contributed by atoms with Crippen molar-refractivity contribution in [3.8, 4) is 16.9 Å². The summed E-state index contributed by atoms with van der Waals surface area (Å²) < 4.78 is 33.3. The van der Waals surface area contributed by atoms with E-state index in [1.54, 1.807) is 47.4 Å². The molecule has 0 unspecified atom stereocenters. The van der Waals surface area contributed by atoms with Gasteiger partial charge in [-0.3, -0.25) is 14.4 Å². The summed E-state index contributed by atoms with van der Waals surface area (Å²) >= 11 is 1.34. The predicted molar refractivity (Wildman–Crippen MR) is 134 cm³/mol. The van der Waals surface area contributed by atoms with Crippen LogP contribution in [0.3, 0.4) is 0 Å². The second-order valence-corrected chi connectivity index (χ2v) is 9.16. The Morgan fingerprint density at radius 2 is 1.83 bits per heavy atom. The number of benzene rings is 3. The lowest BCUT2D eigenvalue weighted by atomic mass is 10.1. The van der Waals surface area contributed by atoms with Crippen LogP contribution in [0, 0.1) is 11.6 Å². The summed E-state index contributed by atoms with van der Waals surface area (Å²) in [5.41, 5.74) is 4.94. The zero-order valence-corrected chi connectivity index (χ0v) is 20.7. The molecule has 2 amide bonds. The van der Waals surface area contributed by atoms with Gasteiger partial charge in [-0.05, 0) is 72.2 Å². The Labute approximate surface area is 212 Å². The van der Waals surface area contributed by atoms with Gasteiger partial charge < -0.3 is 9.64 Å². The second kappa shape index (κ2) is 11.5. The molecule has 3 aromatic rings. The van der Waals surface area contributed by atoms with Crippen LogP contribution in [-0.2, 0) is 16.2 Å². The fraction of sp³-hybridized carbons (Fsp3) is 0.259. The van der Waals surface area contributed by atoms with Crippen molar-refractivity contribution < 1.29 is 27.9 Å². The number of amides is 2. The van der Waals surface area contributed by atoms with Gasteiger partial charge in [-0.25, -0.2) is 14.3 Å². The summed E-state index contributed by atoms with van der Waals surface area (Å²) in [7, 11) is 1.36. The molecule has 0 aliphatic carbocycles. The average molecular weight is 513 g/mol. The molecule has 188 valence electrons. The van der Waals surface area contributed by atoms with E-state index in [0.29, 0.717) is 34.7 Å². The average Bonchev–Trinajstić information content (AvgIpc) is 3.39. The number of ether oxygens (including phenoxy) is 1. The molecule has 1 aliphatic heterocycles. The molecule has 4 rings (SSSR count). The molecule has 0 aromatic heterocycles. The Morgan fingerprint density at radius 3 is 2.56 bits per heavy atom. The van der Waals surface area contributed by atoms with Crippen LogP contribution in [0.5, 0.6) is 5.75 Å². The largest absolute Gasteiger partial charge is 0.489 e. The normalized spacial score (nSPS) is 15.1. The van der Waals surface area contributed by atoms with E-state index in [2.05, 4.69) is 5.48 Å². The maximum Gasteiger partial charge on any atom is 0.266 e. The molecular weight excluding hydrogens is 486 g/mol. The standard InChI is InChI=1S/C27H26F2N2O4S/c1-34-30-26(32)24-7-4-12-31(24)27(33)19-6-3-5-17(13-19)16-35-20-10-8-18(9-11-20)21-14-22(28)23(29)15-25(21)36-2/h3,5-6,8-11,13-15,24H,4,7,12,16H2,1-2H3,(H,30,32)/t24-/m0/s1. The van der Waals surface area contributed by atoms with E-state index in [9.17, 15) is 18.4 Å². The minimum atomic E-state index is -0.892. The van der Waals surface area contributed by atoms with Gasteiger partial charge in [0.2, 0.25) is 0 Å². The number of halogens is 2. The molecule has 0 radical (unpaired) electrons. The molecule has 9 heteroatoms. The smallest absolute Gasteiger partial charge is 0.266 e. The summed E-state index contributed by atoms with van der Waals surface area (Å²) in [4.78, 5) is 32.2. The van der Waals surface area contributed by atoms with Crippen LogP contribution in [0.2, 0.25) is 0 Å². The third kappa shape index (κ3) is 5.68. The first-order valence-electron chi connectivity index (χ1n) is 11.4. The minimum absolute atomic E-state index is 0.217. The third-order valence-corrected chi connectivity index (χ3v) is 6.78. The van der Waals surface area contributed by atoms with E-state index in [4.69, 9.17) is 9.57 Å². The quantitative estimate of drug-likeness (QED) is 0.331. The van der Waals surface area contributed by atoms with Crippen LogP contribution in [0.15, 0.2) is 65.6 Å². The minimum Gasteiger partial charge on any atom is -0.489 e. The lowest BCUT2D eigenvalue weighted by Gasteiger charge is -2.23. The molecule has 1 saturated heterocycles. The highest BCUT2D eigenvalue weighted by Crippen LogP contribution is 2.33. The molecule has 0 spiro atoms. The zero-order valence-electron chi connectivity index (χ0n) is 19.9. The SMILES string of the molecule is CONC(=O)[C@@H]1CCCN1C(=O)c1cccc(COc2ccc(-c3cc(F)c(F)cc3SC)cc2)c1. The van der Waals surface area contributed by atoms with Crippen molar-refractivity contribution >= 4 is 23.6 Å².